The minimum absolute atomic E-state index is 0.147. The number of rotatable bonds is 4. The van der Waals surface area contributed by atoms with Crippen LogP contribution in [0, 0.1) is 24.5 Å². The molecule has 0 radical (unpaired) electrons. The number of hydrogen-bond acceptors (Lipinski definition) is 2. The normalized spacial score (nSPS) is 21.2. The lowest BCUT2D eigenvalue weighted by Crippen LogP contribution is -2.26. The highest BCUT2D eigenvalue weighted by Gasteiger charge is 2.18. The zero-order valence-electron chi connectivity index (χ0n) is 10.8. The Labute approximate surface area is 111 Å². The average Bonchev–Trinajstić information content (AvgIpc) is 2.84. The molecule has 18 heavy (non-hydrogen) atoms. The summed E-state index contributed by atoms with van der Waals surface area (Å²) in [7, 11) is 0. The van der Waals surface area contributed by atoms with Gasteiger partial charge in [-0.3, -0.25) is 0 Å². The molecular formula is C14H19F2NS. The van der Waals surface area contributed by atoms with Crippen molar-refractivity contribution in [3.8, 4) is 0 Å². The first-order valence-corrected chi connectivity index (χ1v) is 7.50. The fourth-order valence-corrected chi connectivity index (χ4v) is 3.48. The first kappa shape index (κ1) is 13.8. The van der Waals surface area contributed by atoms with Gasteiger partial charge in [-0.05, 0) is 61.9 Å². The minimum Gasteiger partial charge on any atom is -0.310 e. The van der Waals surface area contributed by atoms with Gasteiger partial charge in [-0.25, -0.2) is 8.78 Å². The summed E-state index contributed by atoms with van der Waals surface area (Å²) >= 11 is 1.96. The molecule has 0 saturated carbocycles. The van der Waals surface area contributed by atoms with Gasteiger partial charge in [0.25, 0.3) is 0 Å². The molecule has 100 valence electrons. The van der Waals surface area contributed by atoms with Crippen LogP contribution in [0.3, 0.4) is 0 Å². The quantitative estimate of drug-likeness (QED) is 0.896. The van der Waals surface area contributed by atoms with E-state index in [4.69, 9.17) is 0 Å². The van der Waals surface area contributed by atoms with E-state index in [0.29, 0.717) is 17.0 Å². The predicted molar refractivity (Wildman–Crippen MR) is 72.9 cm³/mol. The van der Waals surface area contributed by atoms with Gasteiger partial charge >= 0.3 is 0 Å². The fourth-order valence-electron chi connectivity index (χ4n) is 2.19. The Balaban J connectivity index is 1.99. The van der Waals surface area contributed by atoms with Crippen LogP contribution in [0.5, 0.6) is 0 Å². The van der Waals surface area contributed by atoms with Gasteiger partial charge in [-0.1, -0.05) is 0 Å². The lowest BCUT2D eigenvalue weighted by molar-refractivity contribution is 0.461. The molecule has 1 fully saturated rings. The van der Waals surface area contributed by atoms with Crippen LogP contribution in [0.15, 0.2) is 12.1 Å². The number of benzene rings is 1. The topological polar surface area (TPSA) is 12.0 Å². The maximum atomic E-state index is 13.8. The highest BCUT2D eigenvalue weighted by atomic mass is 32.2. The van der Waals surface area contributed by atoms with E-state index >= 15 is 0 Å². The van der Waals surface area contributed by atoms with Gasteiger partial charge in [0.2, 0.25) is 0 Å². The molecule has 1 nitrogen and oxygen atoms in total. The van der Waals surface area contributed by atoms with Gasteiger partial charge in [-0.15, -0.1) is 0 Å². The van der Waals surface area contributed by atoms with Crippen LogP contribution in [-0.2, 0) is 0 Å². The first-order chi connectivity index (χ1) is 8.58. The Bertz CT molecular complexity index is 417. The molecule has 0 amide bonds. The van der Waals surface area contributed by atoms with Gasteiger partial charge in [-0.2, -0.15) is 11.8 Å². The highest BCUT2D eigenvalue weighted by molar-refractivity contribution is 7.99. The molecule has 1 N–H and O–H groups in total. The Morgan fingerprint density at radius 3 is 2.83 bits per heavy atom. The fraction of sp³-hybridized carbons (Fsp3) is 0.571. The summed E-state index contributed by atoms with van der Waals surface area (Å²) < 4.78 is 27.2. The van der Waals surface area contributed by atoms with Crippen LogP contribution in [0.1, 0.15) is 30.5 Å². The summed E-state index contributed by atoms with van der Waals surface area (Å²) in [4.78, 5) is 0. The molecule has 1 aromatic rings. The molecule has 0 aromatic heterocycles. The first-order valence-electron chi connectivity index (χ1n) is 6.34. The second-order valence-corrected chi connectivity index (χ2v) is 6.13. The van der Waals surface area contributed by atoms with Crippen molar-refractivity contribution in [2.75, 3.05) is 18.1 Å². The zero-order valence-corrected chi connectivity index (χ0v) is 11.6. The third-order valence-corrected chi connectivity index (χ3v) is 4.71. The van der Waals surface area contributed by atoms with Gasteiger partial charge < -0.3 is 5.32 Å². The number of halogens is 2. The Morgan fingerprint density at radius 1 is 1.39 bits per heavy atom. The van der Waals surface area contributed by atoms with E-state index < -0.39 is 0 Å². The predicted octanol–water partition coefficient (Wildman–Crippen LogP) is 3.68. The maximum absolute atomic E-state index is 13.8. The summed E-state index contributed by atoms with van der Waals surface area (Å²) in [6, 6.07) is 2.44. The lowest BCUT2D eigenvalue weighted by atomic mass is 10.0. The van der Waals surface area contributed by atoms with E-state index in [9.17, 15) is 8.78 Å². The number of nitrogens with one attached hydrogen (secondary N) is 1. The van der Waals surface area contributed by atoms with E-state index in [1.165, 1.54) is 30.1 Å². The van der Waals surface area contributed by atoms with Crippen molar-refractivity contribution < 1.29 is 8.78 Å². The minimum atomic E-state index is -0.337. The largest absolute Gasteiger partial charge is 0.310 e. The summed E-state index contributed by atoms with van der Waals surface area (Å²) in [6.07, 6.45) is 1.22. The molecule has 0 bridgehead atoms. The van der Waals surface area contributed by atoms with Gasteiger partial charge in [0.15, 0.2) is 0 Å². The SMILES string of the molecule is Cc1cc(F)c(C(C)NCC2CCSC2)cc1F. The third-order valence-electron chi connectivity index (χ3n) is 3.48. The van der Waals surface area contributed by atoms with Crippen LogP contribution in [0.25, 0.3) is 0 Å². The summed E-state index contributed by atoms with van der Waals surface area (Å²) in [5, 5.41) is 3.31. The van der Waals surface area contributed by atoms with E-state index in [0.717, 1.165) is 6.54 Å². The van der Waals surface area contributed by atoms with Crippen molar-refractivity contribution in [3.05, 3.63) is 34.9 Å². The average molecular weight is 271 g/mol. The van der Waals surface area contributed by atoms with Crippen LogP contribution in [0.4, 0.5) is 8.78 Å². The van der Waals surface area contributed by atoms with E-state index in [2.05, 4.69) is 5.32 Å². The van der Waals surface area contributed by atoms with Crippen molar-refractivity contribution in [3.63, 3.8) is 0 Å². The molecule has 1 aliphatic heterocycles. The van der Waals surface area contributed by atoms with Crippen molar-refractivity contribution in [1.29, 1.82) is 0 Å². The summed E-state index contributed by atoms with van der Waals surface area (Å²) in [5.74, 6) is 2.39. The smallest absolute Gasteiger partial charge is 0.128 e. The highest BCUT2D eigenvalue weighted by Crippen LogP contribution is 2.24. The molecule has 1 heterocycles. The molecule has 2 rings (SSSR count). The van der Waals surface area contributed by atoms with Crippen LogP contribution in [-0.4, -0.2) is 18.1 Å². The second kappa shape index (κ2) is 6.02. The van der Waals surface area contributed by atoms with Crippen molar-refractivity contribution in [2.45, 2.75) is 26.3 Å². The molecule has 2 unspecified atom stereocenters. The van der Waals surface area contributed by atoms with E-state index in [-0.39, 0.29) is 17.7 Å². The summed E-state index contributed by atoms with van der Waals surface area (Å²) in [6.45, 7) is 4.34. The molecule has 4 heteroatoms. The zero-order chi connectivity index (χ0) is 13.1. The number of thioether (sulfide) groups is 1. The van der Waals surface area contributed by atoms with E-state index in [1.807, 2.05) is 18.7 Å². The Kier molecular flexibility index (Phi) is 4.62. The molecule has 1 aliphatic rings. The van der Waals surface area contributed by atoms with Crippen LogP contribution in [0.2, 0.25) is 0 Å². The third kappa shape index (κ3) is 3.23. The standard InChI is InChI=1S/C14H19F2NS/c1-9-5-14(16)12(6-13(9)15)10(2)17-7-11-3-4-18-8-11/h5-6,10-11,17H,3-4,7-8H2,1-2H3. The Morgan fingerprint density at radius 2 is 2.17 bits per heavy atom. The van der Waals surface area contributed by atoms with Gasteiger partial charge in [0, 0.05) is 11.6 Å². The number of hydrogen-bond donors (Lipinski definition) is 1. The van der Waals surface area contributed by atoms with Crippen LogP contribution < -0.4 is 5.32 Å². The molecule has 0 aliphatic carbocycles. The maximum Gasteiger partial charge on any atom is 0.128 e. The Hall–Kier alpha value is -0.610. The monoisotopic (exact) mass is 271 g/mol. The van der Waals surface area contributed by atoms with Crippen molar-refractivity contribution in [1.82, 2.24) is 5.32 Å². The molecule has 1 aromatic carbocycles. The molecule has 2 atom stereocenters. The molecule has 1 saturated heterocycles. The van der Waals surface area contributed by atoms with Crippen molar-refractivity contribution in [2.24, 2.45) is 5.92 Å². The van der Waals surface area contributed by atoms with Crippen LogP contribution >= 0.6 is 11.8 Å². The second-order valence-electron chi connectivity index (χ2n) is 4.98. The van der Waals surface area contributed by atoms with Gasteiger partial charge in [0.05, 0.1) is 0 Å². The summed E-state index contributed by atoms with van der Waals surface area (Å²) in [5.41, 5.74) is 0.777. The van der Waals surface area contributed by atoms with Gasteiger partial charge in [0.1, 0.15) is 11.6 Å². The molecular weight excluding hydrogens is 252 g/mol. The number of aryl methyl sites for hydroxylation is 1. The lowest BCUT2D eigenvalue weighted by Gasteiger charge is -2.18. The van der Waals surface area contributed by atoms with Crippen molar-refractivity contribution >= 4 is 11.8 Å². The van der Waals surface area contributed by atoms with E-state index in [1.54, 1.807) is 6.92 Å². The molecule has 0 spiro atoms.